The molecule has 6 nitrogen and oxygen atoms in total. The minimum atomic E-state index is -3.86. The summed E-state index contributed by atoms with van der Waals surface area (Å²) in [6.07, 6.45) is 0.679. The number of carboxylic acid groups (broad SMARTS) is 1. The van der Waals surface area contributed by atoms with E-state index in [1.807, 2.05) is 0 Å². The second-order valence-electron chi connectivity index (χ2n) is 8.15. The maximum absolute atomic E-state index is 15.7. The highest BCUT2D eigenvalue weighted by Crippen LogP contribution is 2.48. The standard InChI is InChI=1S/C23H19F4N3O3/c24-14-1-3-15(4-2-14)30-16-9-13-11-28-29-21(13)20(25)18(16)19(23(26,27)10-17(31)32)22(30)12-5-7-33-8-6-12/h1-4,9,11-12H,5-8,10H2,(H,28,29)(H,31,32). The summed E-state index contributed by atoms with van der Waals surface area (Å²) in [5.74, 6) is -7.46. The molecule has 3 heterocycles. The maximum atomic E-state index is 15.7. The van der Waals surface area contributed by atoms with Gasteiger partial charge in [0.05, 0.1) is 17.3 Å². The molecular formula is C23H19F4N3O3. The van der Waals surface area contributed by atoms with E-state index in [-0.39, 0.29) is 22.1 Å². The number of rotatable bonds is 5. The number of hydrogen-bond acceptors (Lipinski definition) is 3. The summed E-state index contributed by atoms with van der Waals surface area (Å²) in [5, 5.41) is 15.5. The van der Waals surface area contributed by atoms with Crippen LogP contribution in [0.4, 0.5) is 17.6 Å². The van der Waals surface area contributed by atoms with Crippen LogP contribution in [0.25, 0.3) is 27.5 Å². The Morgan fingerprint density at radius 2 is 1.91 bits per heavy atom. The second kappa shape index (κ2) is 7.87. The van der Waals surface area contributed by atoms with Gasteiger partial charge in [0, 0.05) is 41.3 Å². The molecule has 1 aliphatic heterocycles. The molecule has 1 aliphatic rings. The number of aromatic nitrogens is 3. The Morgan fingerprint density at radius 1 is 1.21 bits per heavy atom. The number of H-pyrrole nitrogens is 1. The first-order valence-corrected chi connectivity index (χ1v) is 10.4. The van der Waals surface area contributed by atoms with Crippen molar-refractivity contribution >= 4 is 27.8 Å². The number of ether oxygens (including phenoxy) is 1. The monoisotopic (exact) mass is 461 g/mol. The van der Waals surface area contributed by atoms with Crippen molar-refractivity contribution < 1.29 is 32.2 Å². The SMILES string of the molecule is O=C(O)CC(F)(F)c1c(C2CCOCC2)n(-c2ccc(F)cc2)c2cc3cn[nH]c3c(F)c12. The molecule has 0 bridgehead atoms. The van der Waals surface area contributed by atoms with Crippen LogP contribution in [0, 0.1) is 11.6 Å². The largest absolute Gasteiger partial charge is 0.481 e. The van der Waals surface area contributed by atoms with Crippen molar-refractivity contribution in [3.63, 3.8) is 0 Å². The number of aromatic amines is 1. The van der Waals surface area contributed by atoms with Crippen LogP contribution < -0.4 is 0 Å². The van der Waals surface area contributed by atoms with E-state index in [9.17, 15) is 14.3 Å². The number of nitrogens with one attached hydrogen (secondary N) is 1. The lowest BCUT2D eigenvalue weighted by molar-refractivity contribution is -0.145. The zero-order valence-electron chi connectivity index (χ0n) is 17.2. The molecule has 2 aromatic heterocycles. The fourth-order valence-corrected chi connectivity index (χ4v) is 4.70. The van der Waals surface area contributed by atoms with E-state index in [1.54, 1.807) is 0 Å². The number of carboxylic acids is 1. The molecule has 10 heteroatoms. The molecule has 0 atom stereocenters. The van der Waals surface area contributed by atoms with Crippen LogP contribution in [0.1, 0.15) is 36.4 Å². The number of carbonyl (C=O) groups is 1. The third kappa shape index (κ3) is 3.54. The molecule has 1 fully saturated rings. The molecule has 5 rings (SSSR count). The first-order chi connectivity index (χ1) is 15.8. The van der Waals surface area contributed by atoms with Gasteiger partial charge in [-0.05, 0) is 43.2 Å². The predicted molar refractivity (Wildman–Crippen MR) is 112 cm³/mol. The first kappa shape index (κ1) is 21.4. The van der Waals surface area contributed by atoms with Gasteiger partial charge in [-0.3, -0.25) is 9.89 Å². The van der Waals surface area contributed by atoms with Crippen molar-refractivity contribution in [2.45, 2.75) is 31.1 Å². The van der Waals surface area contributed by atoms with Gasteiger partial charge in [0.25, 0.3) is 5.92 Å². The number of alkyl halides is 2. The Balaban J connectivity index is 1.94. The van der Waals surface area contributed by atoms with Crippen molar-refractivity contribution in [3.05, 3.63) is 59.4 Å². The van der Waals surface area contributed by atoms with E-state index < -0.39 is 41.4 Å². The molecule has 172 valence electrons. The number of aliphatic carboxylic acids is 1. The van der Waals surface area contributed by atoms with Crippen LogP contribution in [-0.4, -0.2) is 39.1 Å². The molecule has 0 saturated carbocycles. The lowest BCUT2D eigenvalue weighted by Crippen LogP contribution is -2.24. The number of halogens is 4. The Kier molecular flexibility index (Phi) is 5.12. The van der Waals surface area contributed by atoms with Crippen LogP contribution >= 0.6 is 0 Å². The van der Waals surface area contributed by atoms with Gasteiger partial charge in [-0.1, -0.05) is 0 Å². The highest BCUT2D eigenvalue weighted by molar-refractivity contribution is 6.00. The summed E-state index contributed by atoms with van der Waals surface area (Å²) < 4.78 is 67.4. The normalized spacial score (nSPS) is 15.5. The third-order valence-corrected chi connectivity index (χ3v) is 6.08. The third-order valence-electron chi connectivity index (χ3n) is 6.08. The topological polar surface area (TPSA) is 80.1 Å². The van der Waals surface area contributed by atoms with E-state index in [2.05, 4.69) is 10.2 Å². The van der Waals surface area contributed by atoms with E-state index in [1.165, 1.54) is 41.1 Å². The molecule has 33 heavy (non-hydrogen) atoms. The number of nitrogens with zero attached hydrogens (tertiary/aromatic N) is 2. The second-order valence-corrected chi connectivity index (χ2v) is 8.15. The zero-order valence-corrected chi connectivity index (χ0v) is 17.2. The Morgan fingerprint density at radius 3 is 2.58 bits per heavy atom. The Labute approximate surface area is 184 Å². The van der Waals surface area contributed by atoms with Gasteiger partial charge in [-0.2, -0.15) is 5.10 Å². The lowest BCUT2D eigenvalue weighted by atomic mass is 9.89. The van der Waals surface area contributed by atoms with Gasteiger partial charge in [0.1, 0.15) is 17.8 Å². The summed E-state index contributed by atoms with van der Waals surface area (Å²) in [4.78, 5) is 11.3. The maximum Gasteiger partial charge on any atom is 0.309 e. The van der Waals surface area contributed by atoms with Crippen LogP contribution in [0.2, 0.25) is 0 Å². The minimum Gasteiger partial charge on any atom is -0.481 e. The van der Waals surface area contributed by atoms with Crippen LogP contribution in [0.5, 0.6) is 0 Å². The molecule has 0 aliphatic carbocycles. The fourth-order valence-electron chi connectivity index (χ4n) is 4.70. The molecule has 1 saturated heterocycles. The summed E-state index contributed by atoms with van der Waals surface area (Å²) in [5.41, 5.74) is -0.0995. The fraction of sp³-hybridized carbons (Fsp3) is 0.304. The van der Waals surface area contributed by atoms with Crippen molar-refractivity contribution in [1.82, 2.24) is 14.8 Å². The summed E-state index contributed by atoms with van der Waals surface area (Å²) in [6.45, 7) is 0.652. The predicted octanol–water partition coefficient (Wildman–Crippen LogP) is 5.25. The van der Waals surface area contributed by atoms with E-state index in [0.29, 0.717) is 37.1 Å². The summed E-state index contributed by atoms with van der Waals surface area (Å²) in [7, 11) is 0. The molecular weight excluding hydrogens is 442 g/mol. The van der Waals surface area contributed by atoms with Gasteiger partial charge in [-0.15, -0.1) is 0 Å². The van der Waals surface area contributed by atoms with Gasteiger partial charge < -0.3 is 14.4 Å². The van der Waals surface area contributed by atoms with Crippen LogP contribution in [0.3, 0.4) is 0 Å². The van der Waals surface area contributed by atoms with Crippen molar-refractivity contribution in [2.75, 3.05) is 13.2 Å². The first-order valence-electron chi connectivity index (χ1n) is 10.4. The quantitative estimate of drug-likeness (QED) is 0.398. The van der Waals surface area contributed by atoms with Crippen molar-refractivity contribution in [1.29, 1.82) is 0 Å². The van der Waals surface area contributed by atoms with Gasteiger partial charge >= 0.3 is 5.97 Å². The molecule has 4 aromatic rings. The van der Waals surface area contributed by atoms with E-state index >= 15 is 13.2 Å². The highest BCUT2D eigenvalue weighted by Gasteiger charge is 2.44. The average molecular weight is 461 g/mol. The molecule has 0 amide bonds. The molecule has 2 aromatic carbocycles. The molecule has 2 N–H and O–H groups in total. The summed E-state index contributed by atoms with van der Waals surface area (Å²) in [6, 6.07) is 6.76. The molecule has 0 spiro atoms. The van der Waals surface area contributed by atoms with Crippen molar-refractivity contribution in [3.8, 4) is 5.69 Å². The minimum absolute atomic E-state index is 0.0512. The van der Waals surface area contributed by atoms with Gasteiger partial charge in [-0.25, -0.2) is 17.6 Å². The Hall–Kier alpha value is -3.40. The average Bonchev–Trinajstić information content (AvgIpc) is 3.38. The summed E-state index contributed by atoms with van der Waals surface area (Å²) >= 11 is 0. The smallest absolute Gasteiger partial charge is 0.309 e. The number of hydrogen-bond donors (Lipinski definition) is 2. The Bertz CT molecular complexity index is 1360. The highest BCUT2D eigenvalue weighted by atomic mass is 19.3. The number of benzene rings is 2. The molecule has 0 radical (unpaired) electrons. The van der Waals surface area contributed by atoms with Crippen molar-refractivity contribution in [2.24, 2.45) is 0 Å². The zero-order chi connectivity index (χ0) is 23.3. The van der Waals surface area contributed by atoms with Gasteiger partial charge in [0.2, 0.25) is 0 Å². The van der Waals surface area contributed by atoms with E-state index in [0.717, 1.165) is 0 Å². The molecule has 0 unspecified atom stereocenters. The van der Waals surface area contributed by atoms with Crippen LogP contribution in [0.15, 0.2) is 36.5 Å². The van der Waals surface area contributed by atoms with E-state index in [4.69, 9.17) is 4.74 Å². The lowest BCUT2D eigenvalue weighted by Gasteiger charge is -2.27. The number of fused-ring (bicyclic) bond motifs is 2. The van der Waals surface area contributed by atoms with Crippen LogP contribution in [-0.2, 0) is 15.5 Å². The van der Waals surface area contributed by atoms with Gasteiger partial charge in [0.15, 0.2) is 5.82 Å².